The molecule has 1 aliphatic heterocycles. The van der Waals surface area contributed by atoms with Crippen molar-refractivity contribution in [3.05, 3.63) is 82.8 Å². The standard InChI is InChI=1S/C20H18FN5O2/c21-15-8-6-14(7-9-15)19(27)23-18-16-11-26(12-17(16)24-25-18)20(28)22-10-13-4-2-1-3-5-13/h1-9H,10-12H2,(H,22,28)(H2,23,24,25,27). The van der Waals surface area contributed by atoms with Crippen LogP contribution in [0.5, 0.6) is 0 Å². The quantitative estimate of drug-likeness (QED) is 0.651. The van der Waals surface area contributed by atoms with Crippen LogP contribution in [0, 0.1) is 5.82 Å². The van der Waals surface area contributed by atoms with Crippen LogP contribution in [0.2, 0.25) is 0 Å². The molecule has 0 spiro atoms. The molecular weight excluding hydrogens is 361 g/mol. The summed E-state index contributed by atoms with van der Waals surface area (Å²) in [4.78, 5) is 26.4. The first-order chi connectivity index (χ1) is 13.6. The van der Waals surface area contributed by atoms with Crippen LogP contribution in [0.3, 0.4) is 0 Å². The summed E-state index contributed by atoms with van der Waals surface area (Å²) in [6.07, 6.45) is 0. The first-order valence-corrected chi connectivity index (χ1v) is 8.80. The van der Waals surface area contributed by atoms with E-state index in [1.54, 1.807) is 4.90 Å². The number of hydrogen-bond acceptors (Lipinski definition) is 3. The second-order valence-electron chi connectivity index (χ2n) is 6.49. The summed E-state index contributed by atoms with van der Waals surface area (Å²) in [6.45, 7) is 1.14. The lowest BCUT2D eigenvalue weighted by molar-refractivity contribution is 0.102. The summed E-state index contributed by atoms with van der Waals surface area (Å²) in [6, 6.07) is 14.7. The molecule has 8 heteroatoms. The molecule has 0 atom stereocenters. The number of carbonyl (C=O) groups is 2. The Hall–Kier alpha value is -3.68. The van der Waals surface area contributed by atoms with E-state index in [2.05, 4.69) is 20.8 Å². The van der Waals surface area contributed by atoms with E-state index < -0.39 is 5.82 Å². The maximum atomic E-state index is 13.0. The van der Waals surface area contributed by atoms with Crippen molar-refractivity contribution in [2.24, 2.45) is 0 Å². The predicted molar refractivity (Wildman–Crippen MR) is 101 cm³/mol. The Morgan fingerprint density at radius 3 is 2.57 bits per heavy atom. The maximum absolute atomic E-state index is 13.0. The number of aromatic nitrogens is 2. The molecule has 1 aromatic heterocycles. The van der Waals surface area contributed by atoms with Crippen molar-refractivity contribution in [3.63, 3.8) is 0 Å². The molecule has 28 heavy (non-hydrogen) atoms. The van der Waals surface area contributed by atoms with Gasteiger partial charge in [0.2, 0.25) is 0 Å². The van der Waals surface area contributed by atoms with Gasteiger partial charge in [-0.15, -0.1) is 0 Å². The number of hydrogen-bond donors (Lipinski definition) is 3. The van der Waals surface area contributed by atoms with Crippen LogP contribution >= 0.6 is 0 Å². The molecule has 2 heterocycles. The number of fused-ring (bicyclic) bond motifs is 1. The summed E-state index contributed by atoms with van der Waals surface area (Å²) in [5.74, 6) is -0.336. The van der Waals surface area contributed by atoms with E-state index in [0.29, 0.717) is 36.7 Å². The number of urea groups is 1. The first kappa shape index (κ1) is 17.7. The third-order valence-electron chi connectivity index (χ3n) is 4.56. The van der Waals surface area contributed by atoms with Crippen molar-refractivity contribution >= 4 is 17.8 Å². The van der Waals surface area contributed by atoms with E-state index in [1.165, 1.54) is 24.3 Å². The molecule has 0 bridgehead atoms. The molecule has 0 unspecified atom stereocenters. The number of carbonyl (C=O) groups excluding carboxylic acids is 2. The van der Waals surface area contributed by atoms with E-state index in [0.717, 1.165) is 11.1 Å². The van der Waals surface area contributed by atoms with Gasteiger partial charge in [-0.05, 0) is 29.8 Å². The minimum absolute atomic E-state index is 0.197. The largest absolute Gasteiger partial charge is 0.334 e. The summed E-state index contributed by atoms with van der Waals surface area (Å²) < 4.78 is 13.0. The van der Waals surface area contributed by atoms with Crippen LogP contribution in [0.15, 0.2) is 54.6 Å². The highest BCUT2D eigenvalue weighted by Crippen LogP contribution is 2.27. The summed E-state index contributed by atoms with van der Waals surface area (Å²) in [7, 11) is 0. The van der Waals surface area contributed by atoms with Gasteiger partial charge in [0.05, 0.1) is 18.8 Å². The molecule has 2 aromatic carbocycles. The molecule has 0 saturated carbocycles. The second-order valence-corrected chi connectivity index (χ2v) is 6.49. The van der Waals surface area contributed by atoms with Gasteiger partial charge in [-0.3, -0.25) is 9.89 Å². The molecule has 0 radical (unpaired) electrons. The van der Waals surface area contributed by atoms with Crippen molar-refractivity contribution in [3.8, 4) is 0 Å². The minimum atomic E-state index is -0.406. The van der Waals surface area contributed by atoms with Gasteiger partial charge in [0.15, 0.2) is 0 Å². The van der Waals surface area contributed by atoms with Crippen LogP contribution in [0.25, 0.3) is 0 Å². The van der Waals surface area contributed by atoms with Gasteiger partial charge in [0.25, 0.3) is 5.91 Å². The normalized spacial score (nSPS) is 12.5. The van der Waals surface area contributed by atoms with Crippen LogP contribution in [0.4, 0.5) is 15.0 Å². The fourth-order valence-corrected chi connectivity index (χ4v) is 3.05. The Kier molecular flexibility index (Phi) is 4.76. The molecule has 3 amide bonds. The van der Waals surface area contributed by atoms with E-state index in [-0.39, 0.29) is 11.9 Å². The van der Waals surface area contributed by atoms with E-state index in [1.807, 2.05) is 30.3 Å². The summed E-state index contributed by atoms with van der Waals surface area (Å²) >= 11 is 0. The van der Waals surface area contributed by atoms with Gasteiger partial charge in [-0.2, -0.15) is 5.10 Å². The Morgan fingerprint density at radius 2 is 1.82 bits per heavy atom. The Labute approximate surface area is 160 Å². The van der Waals surface area contributed by atoms with Crippen molar-refractivity contribution in [1.82, 2.24) is 20.4 Å². The zero-order valence-corrected chi connectivity index (χ0v) is 14.9. The number of rotatable bonds is 4. The molecule has 3 aromatic rings. The number of H-pyrrole nitrogens is 1. The van der Waals surface area contributed by atoms with Gasteiger partial charge in [0, 0.05) is 17.7 Å². The Bertz CT molecular complexity index is 1000. The molecule has 0 aliphatic carbocycles. The molecule has 142 valence electrons. The Morgan fingerprint density at radius 1 is 1.07 bits per heavy atom. The highest BCUT2D eigenvalue weighted by atomic mass is 19.1. The average Bonchev–Trinajstić information content (AvgIpc) is 3.29. The topological polar surface area (TPSA) is 90.1 Å². The molecule has 0 saturated heterocycles. The zero-order valence-electron chi connectivity index (χ0n) is 14.9. The monoisotopic (exact) mass is 379 g/mol. The molecule has 7 nitrogen and oxygen atoms in total. The average molecular weight is 379 g/mol. The first-order valence-electron chi connectivity index (χ1n) is 8.80. The lowest BCUT2D eigenvalue weighted by Gasteiger charge is -2.17. The van der Waals surface area contributed by atoms with Gasteiger partial charge in [0.1, 0.15) is 11.6 Å². The number of amides is 3. The lowest BCUT2D eigenvalue weighted by atomic mass is 10.2. The third-order valence-corrected chi connectivity index (χ3v) is 4.56. The van der Waals surface area contributed by atoms with Gasteiger partial charge in [-0.1, -0.05) is 30.3 Å². The zero-order chi connectivity index (χ0) is 19.5. The number of halogens is 1. The van der Waals surface area contributed by atoms with Crippen LogP contribution in [-0.2, 0) is 19.6 Å². The van der Waals surface area contributed by atoms with Crippen LogP contribution in [0.1, 0.15) is 27.2 Å². The number of aromatic amines is 1. The maximum Gasteiger partial charge on any atom is 0.318 e. The number of nitrogens with one attached hydrogen (secondary N) is 3. The van der Waals surface area contributed by atoms with E-state index >= 15 is 0 Å². The fourth-order valence-electron chi connectivity index (χ4n) is 3.05. The van der Waals surface area contributed by atoms with E-state index in [4.69, 9.17) is 0 Å². The van der Waals surface area contributed by atoms with Crippen LogP contribution in [-0.4, -0.2) is 27.0 Å². The summed E-state index contributed by atoms with van der Waals surface area (Å²) in [5, 5.41) is 12.6. The van der Waals surface area contributed by atoms with Crippen molar-refractivity contribution < 1.29 is 14.0 Å². The third kappa shape index (κ3) is 3.71. The molecule has 3 N–H and O–H groups in total. The molecule has 0 fully saturated rings. The van der Waals surface area contributed by atoms with Gasteiger partial charge < -0.3 is 15.5 Å². The minimum Gasteiger partial charge on any atom is -0.334 e. The van der Waals surface area contributed by atoms with Crippen molar-refractivity contribution in [1.29, 1.82) is 0 Å². The number of nitrogens with zero attached hydrogens (tertiary/aromatic N) is 2. The highest BCUT2D eigenvalue weighted by Gasteiger charge is 2.29. The lowest BCUT2D eigenvalue weighted by Crippen LogP contribution is -2.36. The van der Waals surface area contributed by atoms with Crippen molar-refractivity contribution in [2.75, 3.05) is 5.32 Å². The smallest absolute Gasteiger partial charge is 0.318 e. The SMILES string of the molecule is O=C(Nc1[nH]nc2c1CN(C(=O)NCc1ccccc1)C2)c1ccc(F)cc1. The van der Waals surface area contributed by atoms with E-state index in [9.17, 15) is 14.0 Å². The second kappa shape index (κ2) is 7.51. The number of benzene rings is 2. The highest BCUT2D eigenvalue weighted by molar-refractivity contribution is 6.04. The number of anilines is 1. The predicted octanol–water partition coefficient (Wildman–Crippen LogP) is 3.03. The van der Waals surface area contributed by atoms with Gasteiger partial charge >= 0.3 is 6.03 Å². The van der Waals surface area contributed by atoms with Gasteiger partial charge in [-0.25, -0.2) is 9.18 Å². The summed E-state index contributed by atoms with van der Waals surface area (Å²) in [5.41, 5.74) is 2.83. The molecular formula is C20H18FN5O2. The Balaban J connectivity index is 1.38. The fraction of sp³-hybridized carbons (Fsp3) is 0.150. The van der Waals surface area contributed by atoms with Crippen LogP contribution < -0.4 is 10.6 Å². The molecule has 4 rings (SSSR count). The molecule has 1 aliphatic rings. The van der Waals surface area contributed by atoms with Crippen molar-refractivity contribution in [2.45, 2.75) is 19.6 Å².